The number of rotatable bonds is 9. The van der Waals surface area contributed by atoms with Crippen molar-refractivity contribution in [1.29, 1.82) is 0 Å². The van der Waals surface area contributed by atoms with Gasteiger partial charge in [0.1, 0.15) is 33.5 Å². The Bertz CT molecular complexity index is 1500. The van der Waals surface area contributed by atoms with Gasteiger partial charge in [-0.15, -0.1) is 0 Å². The number of hydrogen-bond acceptors (Lipinski definition) is 7. The number of aryl methyl sites for hydroxylation is 1. The smallest absolute Gasteiger partial charge is 0.237 e. The molecule has 0 aliphatic heterocycles. The molecule has 0 spiro atoms. The molecule has 0 N–H and O–H groups in total. The van der Waals surface area contributed by atoms with E-state index in [2.05, 4.69) is 11.6 Å². The fraction of sp³-hybridized carbons (Fsp3) is 0.269. The summed E-state index contributed by atoms with van der Waals surface area (Å²) >= 11 is 6.29. The predicted molar refractivity (Wildman–Crippen MR) is 144 cm³/mol. The Morgan fingerprint density at radius 3 is 2.54 bits per heavy atom. The number of ether oxygens (including phenoxy) is 1. The third kappa shape index (κ3) is 6.20. The second-order valence-electron chi connectivity index (χ2n) is 8.79. The Labute approximate surface area is 221 Å². The number of aromatic nitrogens is 2. The van der Waals surface area contributed by atoms with E-state index >= 15 is 0 Å². The minimum Gasteiger partial charge on any atom is -0.619 e. The summed E-state index contributed by atoms with van der Waals surface area (Å²) in [5.41, 5.74) is 3.25. The molecule has 0 atom stereocenters. The first-order valence-electron chi connectivity index (χ1n) is 11.2. The molecule has 2 aromatic heterocycles. The number of carbonyl (C=O) groups is 1. The van der Waals surface area contributed by atoms with Gasteiger partial charge in [-0.1, -0.05) is 36.4 Å². The summed E-state index contributed by atoms with van der Waals surface area (Å²) in [5, 5.41) is 12.8. The fourth-order valence-electron chi connectivity index (χ4n) is 3.74. The highest BCUT2D eigenvalue weighted by atomic mass is 35.5. The van der Waals surface area contributed by atoms with Crippen molar-refractivity contribution in [3.05, 3.63) is 82.4 Å². The molecule has 0 saturated heterocycles. The van der Waals surface area contributed by atoms with E-state index in [-0.39, 0.29) is 22.1 Å². The molecular formula is C26H29ClN4O5S. The number of fused-ring (bicyclic) bond motifs is 1. The molecule has 0 fully saturated rings. The topological polar surface area (TPSA) is 107 Å². The van der Waals surface area contributed by atoms with Gasteiger partial charge >= 0.3 is 0 Å². The largest absolute Gasteiger partial charge is 0.619 e. The first kappa shape index (κ1) is 27.9. The maximum Gasteiger partial charge on any atom is 0.237 e. The lowest BCUT2D eigenvalue weighted by molar-refractivity contribution is -0.607. The summed E-state index contributed by atoms with van der Waals surface area (Å²) in [4.78, 5) is 19.6. The number of halogens is 1. The molecule has 9 nitrogen and oxygen atoms in total. The lowest BCUT2D eigenvalue weighted by Crippen LogP contribution is -2.32. The highest BCUT2D eigenvalue weighted by molar-refractivity contribution is 7.92. The van der Waals surface area contributed by atoms with E-state index < -0.39 is 21.5 Å². The molecule has 0 saturated carbocycles. The van der Waals surface area contributed by atoms with Crippen LogP contribution in [0.25, 0.3) is 16.6 Å². The van der Waals surface area contributed by atoms with Crippen molar-refractivity contribution in [3.63, 3.8) is 0 Å². The van der Waals surface area contributed by atoms with Crippen LogP contribution in [-0.2, 0) is 21.2 Å². The number of amides is 1. The number of nitrogens with zero attached hydrogens (tertiary/aromatic N) is 4. The van der Waals surface area contributed by atoms with E-state index in [9.17, 15) is 18.4 Å². The van der Waals surface area contributed by atoms with Gasteiger partial charge in [-0.3, -0.25) is 4.79 Å². The van der Waals surface area contributed by atoms with Crippen molar-refractivity contribution < 1.29 is 22.7 Å². The molecular weight excluding hydrogens is 516 g/mol. The zero-order valence-corrected chi connectivity index (χ0v) is 22.9. The molecule has 37 heavy (non-hydrogen) atoms. The van der Waals surface area contributed by atoms with Gasteiger partial charge in [0.2, 0.25) is 5.91 Å². The van der Waals surface area contributed by atoms with Crippen LogP contribution < -0.4 is 9.47 Å². The van der Waals surface area contributed by atoms with Gasteiger partial charge in [0.15, 0.2) is 22.2 Å². The number of sulfone groups is 1. The van der Waals surface area contributed by atoms with Crippen molar-refractivity contribution in [3.8, 4) is 5.75 Å². The Morgan fingerprint density at radius 2 is 1.92 bits per heavy atom. The Kier molecular flexibility index (Phi) is 8.45. The van der Waals surface area contributed by atoms with Gasteiger partial charge in [0.05, 0.1) is 0 Å². The molecule has 0 bridgehead atoms. The molecule has 0 aliphatic rings. The zero-order chi connectivity index (χ0) is 27.5. The van der Waals surface area contributed by atoms with Crippen molar-refractivity contribution in [2.45, 2.75) is 18.4 Å². The van der Waals surface area contributed by atoms with Crippen LogP contribution in [0, 0.1) is 12.1 Å². The van der Waals surface area contributed by atoms with Gasteiger partial charge < -0.3 is 19.7 Å². The molecule has 3 aromatic rings. The number of para-hydroxylation sites is 1. The van der Waals surface area contributed by atoms with Crippen LogP contribution >= 0.6 is 11.6 Å². The quantitative estimate of drug-likeness (QED) is 0.231. The van der Waals surface area contributed by atoms with Crippen molar-refractivity contribution in [2.24, 2.45) is 0 Å². The van der Waals surface area contributed by atoms with E-state index in [0.29, 0.717) is 16.0 Å². The summed E-state index contributed by atoms with van der Waals surface area (Å²) in [5.74, 6) is -1.04. The number of allylic oxidation sites excluding steroid dienone is 2. The first-order chi connectivity index (χ1) is 17.4. The van der Waals surface area contributed by atoms with E-state index in [1.54, 1.807) is 12.1 Å². The lowest BCUT2D eigenvalue weighted by atomic mass is 10.0. The van der Waals surface area contributed by atoms with Crippen molar-refractivity contribution in [2.75, 3.05) is 33.9 Å². The van der Waals surface area contributed by atoms with Crippen molar-refractivity contribution >= 4 is 43.9 Å². The van der Waals surface area contributed by atoms with Gasteiger partial charge in [-0.05, 0) is 25.1 Å². The second kappa shape index (κ2) is 11.2. The Balaban J connectivity index is 2.09. The third-order valence-corrected chi connectivity index (χ3v) is 7.53. The van der Waals surface area contributed by atoms with E-state index in [4.69, 9.17) is 16.3 Å². The summed E-state index contributed by atoms with van der Waals surface area (Å²) in [6.07, 6.45) is 5.53. The lowest BCUT2D eigenvalue weighted by Gasteiger charge is -2.20. The average molecular weight is 545 g/mol. The van der Waals surface area contributed by atoms with Crippen molar-refractivity contribution in [1.82, 2.24) is 14.8 Å². The molecule has 1 amide bonds. The molecule has 0 unspecified atom stereocenters. The molecule has 11 heteroatoms. The number of benzene rings is 1. The van der Waals surface area contributed by atoms with Crippen LogP contribution in [0.5, 0.6) is 5.75 Å². The molecule has 2 heterocycles. The first-order valence-corrected chi connectivity index (χ1v) is 13.3. The van der Waals surface area contributed by atoms with Gasteiger partial charge in [0.25, 0.3) is 0 Å². The number of carbonyl (C=O) groups excluding carboxylic acids is 1. The van der Waals surface area contributed by atoms with Crippen LogP contribution in [-0.4, -0.2) is 63.1 Å². The van der Waals surface area contributed by atoms with E-state index in [1.165, 1.54) is 14.1 Å². The average Bonchev–Trinajstić information content (AvgIpc) is 2.80. The highest BCUT2D eigenvalue weighted by Gasteiger charge is 2.28. The second-order valence-corrected chi connectivity index (χ2v) is 11.2. The standard InChI is InChI=1S/C26H29ClN4O5S/c1-7-9-22(29(3)4)19-12-17(2)28-26-18(19)10-8-11-23(26)36-15-20-21(27)13-31(33)14-24(20)37(34,35)16-25(32)30(5)6/h7-14H,1,15-16H2,2-6H3/b22-9-. The minimum atomic E-state index is -4.18. The van der Waals surface area contributed by atoms with Crippen LogP contribution in [0.3, 0.4) is 0 Å². The summed E-state index contributed by atoms with van der Waals surface area (Å²) in [6.45, 7) is 5.41. The maximum atomic E-state index is 13.0. The molecule has 3 rings (SSSR count). The molecule has 0 radical (unpaired) electrons. The Hall–Kier alpha value is -3.63. The number of hydrogen-bond donors (Lipinski definition) is 0. The predicted octanol–water partition coefficient (Wildman–Crippen LogP) is 3.36. The molecule has 1 aromatic carbocycles. The number of pyridine rings is 2. The summed E-state index contributed by atoms with van der Waals surface area (Å²) in [6, 6.07) is 7.42. The van der Waals surface area contributed by atoms with Crippen LogP contribution in [0.2, 0.25) is 5.02 Å². The molecule has 196 valence electrons. The monoisotopic (exact) mass is 544 g/mol. The van der Waals surface area contributed by atoms with Gasteiger partial charge in [0, 0.05) is 56.1 Å². The Morgan fingerprint density at radius 1 is 1.22 bits per heavy atom. The fourth-order valence-corrected chi connectivity index (χ4v) is 5.59. The third-order valence-electron chi connectivity index (χ3n) is 5.55. The van der Waals surface area contributed by atoms with Gasteiger partial charge in [-0.25, -0.2) is 13.4 Å². The van der Waals surface area contributed by atoms with Crippen LogP contribution in [0.4, 0.5) is 0 Å². The minimum absolute atomic E-state index is 0.0748. The highest BCUT2D eigenvalue weighted by Crippen LogP contribution is 2.33. The van der Waals surface area contributed by atoms with Crippen LogP contribution in [0.15, 0.2) is 60.3 Å². The summed E-state index contributed by atoms with van der Waals surface area (Å²) in [7, 11) is 2.57. The van der Waals surface area contributed by atoms with E-state index in [1.807, 2.05) is 50.2 Å². The molecule has 0 aliphatic carbocycles. The van der Waals surface area contributed by atoms with E-state index in [0.717, 1.165) is 39.6 Å². The summed E-state index contributed by atoms with van der Waals surface area (Å²) < 4.78 is 32.4. The zero-order valence-electron chi connectivity index (χ0n) is 21.4. The van der Waals surface area contributed by atoms with Gasteiger partial charge in [-0.2, -0.15) is 4.73 Å². The SMILES string of the molecule is C=C/C=C(/c1cc(C)nc2c(OCc3c(Cl)c[n+]([O-])cc3S(=O)(=O)CC(=O)N(C)C)cccc12)N(C)C. The van der Waals surface area contributed by atoms with Crippen LogP contribution in [0.1, 0.15) is 16.8 Å². The maximum absolute atomic E-state index is 13.0. The normalized spacial score (nSPS) is 11.9.